The van der Waals surface area contributed by atoms with Gasteiger partial charge in [0.25, 0.3) is 0 Å². The molecule has 2 aromatic rings. The number of ether oxygens (including phenoxy) is 1. The molecule has 2 fully saturated rings. The Morgan fingerprint density at radius 2 is 1.78 bits per heavy atom. The first-order valence-electron chi connectivity index (χ1n) is 9.77. The van der Waals surface area contributed by atoms with E-state index in [1.54, 1.807) is 4.90 Å². The summed E-state index contributed by atoms with van der Waals surface area (Å²) >= 11 is 1.22. The molecule has 2 aliphatic rings. The normalized spacial score (nSPS) is 23.3. The Morgan fingerprint density at radius 3 is 2.44 bits per heavy atom. The van der Waals surface area contributed by atoms with Crippen molar-refractivity contribution in [2.75, 3.05) is 16.4 Å². The van der Waals surface area contributed by atoms with Crippen LogP contribution in [0.2, 0.25) is 0 Å². The Morgan fingerprint density at radius 1 is 1.09 bits per heavy atom. The number of benzene rings is 2. The number of anilines is 1. The van der Waals surface area contributed by atoms with Crippen molar-refractivity contribution in [3.8, 4) is 5.75 Å². The van der Waals surface area contributed by atoms with Crippen molar-refractivity contribution in [2.45, 2.75) is 30.5 Å². The number of hydrogen-bond acceptors (Lipinski definition) is 5. The van der Waals surface area contributed by atoms with Crippen molar-refractivity contribution in [1.82, 2.24) is 0 Å². The van der Waals surface area contributed by atoms with Crippen LogP contribution in [0.25, 0.3) is 0 Å². The molecule has 2 saturated heterocycles. The fraction of sp³-hybridized carbons (Fsp3) is 0.333. The Kier molecular flexibility index (Phi) is 6.22. The molecule has 11 heteroatoms. The molecule has 0 bridgehead atoms. The van der Waals surface area contributed by atoms with E-state index in [2.05, 4.69) is 9.73 Å². The lowest BCUT2D eigenvalue weighted by molar-refractivity contribution is -0.274. The molecule has 0 unspecified atom stereocenters. The van der Waals surface area contributed by atoms with E-state index >= 15 is 0 Å². The van der Waals surface area contributed by atoms with Crippen LogP contribution in [0.4, 0.5) is 18.9 Å². The molecule has 2 atom stereocenters. The highest BCUT2D eigenvalue weighted by atomic mass is 32.2. The van der Waals surface area contributed by atoms with Crippen LogP contribution in [-0.4, -0.2) is 48.7 Å². The Labute approximate surface area is 187 Å². The van der Waals surface area contributed by atoms with E-state index in [4.69, 9.17) is 0 Å². The Balaban J connectivity index is 1.56. The molecular formula is C21H19F3N2O4S2. The van der Waals surface area contributed by atoms with Gasteiger partial charge in [-0.2, -0.15) is 4.99 Å². The number of thioether (sulfide) groups is 1. The van der Waals surface area contributed by atoms with Gasteiger partial charge in [0.05, 0.1) is 17.5 Å². The molecule has 2 aromatic carbocycles. The van der Waals surface area contributed by atoms with Crippen molar-refractivity contribution in [1.29, 1.82) is 0 Å². The number of nitrogens with zero attached hydrogens (tertiary/aromatic N) is 2. The Hall–Kier alpha value is -2.53. The number of halogens is 3. The topological polar surface area (TPSA) is 76.0 Å². The average Bonchev–Trinajstić information content (AvgIpc) is 3.17. The number of carbonyl (C=O) groups is 1. The third kappa shape index (κ3) is 5.44. The molecule has 6 nitrogen and oxygen atoms in total. The van der Waals surface area contributed by atoms with E-state index in [-0.39, 0.29) is 34.8 Å². The third-order valence-corrected chi connectivity index (χ3v) is 8.32. The minimum Gasteiger partial charge on any atom is -0.406 e. The van der Waals surface area contributed by atoms with Crippen LogP contribution in [0.3, 0.4) is 0 Å². The molecule has 32 heavy (non-hydrogen) atoms. The maximum absolute atomic E-state index is 12.5. The number of alkyl halides is 3. The first-order valence-corrected chi connectivity index (χ1v) is 12.5. The van der Waals surface area contributed by atoms with Gasteiger partial charge in [-0.3, -0.25) is 4.79 Å². The summed E-state index contributed by atoms with van der Waals surface area (Å²) in [6.45, 7) is 0. The summed E-state index contributed by atoms with van der Waals surface area (Å²) in [5, 5.41) is 0.0595. The highest BCUT2D eigenvalue weighted by Gasteiger charge is 2.49. The maximum Gasteiger partial charge on any atom is 0.573 e. The van der Waals surface area contributed by atoms with Gasteiger partial charge in [0.1, 0.15) is 5.75 Å². The number of amidine groups is 1. The monoisotopic (exact) mass is 484 g/mol. The van der Waals surface area contributed by atoms with Crippen LogP contribution in [-0.2, 0) is 21.1 Å². The second-order valence-electron chi connectivity index (χ2n) is 7.49. The second-order valence-corrected chi connectivity index (χ2v) is 10.8. The highest BCUT2D eigenvalue weighted by Crippen LogP contribution is 2.41. The van der Waals surface area contributed by atoms with Crippen molar-refractivity contribution in [3.63, 3.8) is 0 Å². The van der Waals surface area contributed by atoms with Crippen LogP contribution in [0, 0.1) is 0 Å². The molecule has 0 spiro atoms. The zero-order valence-corrected chi connectivity index (χ0v) is 18.3. The molecule has 0 saturated carbocycles. The molecule has 0 aliphatic carbocycles. The van der Waals surface area contributed by atoms with Crippen molar-refractivity contribution in [2.24, 2.45) is 4.99 Å². The zero-order chi connectivity index (χ0) is 22.9. The number of aliphatic imine (C=N–C) groups is 1. The van der Waals surface area contributed by atoms with Gasteiger partial charge < -0.3 is 9.64 Å². The SMILES string of the molecule is O=C(CCc1ccccc1)N=C1S[C@H]2CS(=O)(=O)C[C@@H]2N1c1ccc(OC(F)(F)F)cc1. The number of sulfone groups is 1. The summed E-state index contributed by atoms with van der Waals surface area (Å²) < 4.78 is 65.5. The lowest BCUT2D eigenvalue weighted by Crippen LogP contribution is -2.37. The molecule has 170 valence electrons. The number of hydrogen-bond donors (Lipinski definition) is 0. The van der Waals surface area contributed by atoms with Gasteiger partial charge in [0, 0.05) is 17.4 Å². The second kappa shape index (κ2) is 8.78. The average molecular weight is 485 g/mol. The van der Waals surface area contributed by atoms with E-state index in [0.717, 1.165) is 17.7 Å². The minimum absolute atomic E-state index is 0.0364. The maximum atomic E-state index is 12.5. The van der Waals surface area contributed by atoms with E-state index in [1.807, 2.05) is 30.3 Å². The van der Waals surface area contributed by atoms with Crippen LogP contribution in [0.5, 0.6) is 5.75 Å². The predicted molar refractivity (Wildman–Crippen MR) is 117 cm³/mol. The number of carbonyl (C=O) groups excluding carboxylic acids is 1. The van der Waals surface area contributed by atoms with Gasteiger partial charge in [-0.1, -0.05) is 42.1 Å². The standard InChI is InChI=1S/C21H19F3N2O4S2/c22-21(23,24)30-16-9-7-15(8-10-16)26-17-12-32(28,29)13-18(17)31-20(26)25-19(27)11-6-14-4-2-1-3-5-14/h1-5,7-10,17-18H,6,11-13H2/t17-,18-/m0/s1. The van der Waals surface area contributed by atoms with Gasteiger partial charge in [0.2, 0.25) is 5.91 Å². The van der Waals surface area contributed by atoms with Crippen molar-refractivity contribution < 1.29 is 31.1 Å². The first kappa shape index (κ1) is 22.7. The summed E-state index contributed by atoms with van der Waals surface area (Å²) in [4.78, 5) is 18.4. The van der Waals surface area contributed by atoms with Crippen LogP contribution in [0.1, 0.15) is 12.0 Å². The van der Waals surface area contributed by atoms with Gasteiger partial charge >= 0.3 is 6.36 Å². The van der Waals surface area contributed by atoms with Crippen LogP contribution >= 0.6 is 11.8 Å². The third-order valence-electron chi connectivity index (χ3n) is 5.11. The van der Waals surface area contributed by atoms with Gasteiger partial charge in [-0.25, -0.2) is 8.42 Å². The van der Waals surface area contributed by atoms with E-state index in [1.165, 1.54) is 23.9 Å². The lowest BCUT2D eigenvalue weighted by Gasteiger charge is -2.24. The quantitative estimate of drug-likeness (QED) is 0.642. The molecule has 0 aromatic heterocycles. The zero-order valence-electron chi connectivity index (χ0n) is 16.7. The molecule has 2 aliphatic heterocycles. The summed E-state index contributed by atoms with van der Waals surface area (Å²) in [6, 6.07) is 14.1. The van der Waals surface area contributed by atoms with Gasteiger partial charge in [0.15, 0.2) is 15.0 Å². The molecule has 1 amide bonds. The fourth-order valence-electron chi connectivity index (χ4n) is 3.73. The fourth-order valence-corrected chi connectivity index (χ4v) is 7.66. The van der Waals surface area contributed by atoms with E-state index in [9.17, 15) is 26.4 Å². The number of aryl methyl sites for hydroxylation is 1. The van der Waals surface area contributed by atoms with E-state index in [0.29, 0.717) is 17.3 Å². The minimum atomic E-state index is -4.81. The molecular weight excluding hydrogens is 465 g/mol. The van der Waals surface area contributed by atoms with Gasteiger partial charge in [-0.15, -0.1) is 13.2 Å². The Bertz CT molecular complexity index is 1120. The summed E-state index contributed by atoms with van der Waals surface area (Å²) in [5.41, 5.74) is 1.45. The first-order chi connectivity index (χ1) is 15.1. The number of amides is 1. The van der Waals surface area contributed by atoms with Crippen molar-refractivity contribution >= 4 is 38.4 Å². The molecule has 0 N–H and O–H groups in total. The summed E-state index contributed by atoms with van der Waals surface area (Å²) in [5.74, 6) is -0.879. The highest BCUT2D eigenvalue weighted by molar-refractivity contribution is 8.16. The van der Waals surface area contributed by atoms with Gasteiger partial charge in [-0.05, 0) is 36.2 Å². The number of rotatable bonds is 5. The van der Waals surface area contributed by atoms with Crippen molar-refractivity contribution in [3.05, 3.63) is 60.2 Å². The van der Waals surface area contributed by atoms with Crippen LogP contribution in [0.15, 0.2) is 59.6 Å². The smallest absolute Gasteiger partial charge is 0.406 e. The van der Waals surface area contributed by atoms with Crippen LogP contribution < -0.4 is 9.64 Å². The molecule has 0 radical (unpaired) electrons. The molecule has 2 heterocycles. The predicted octanol–water partition coefficient (Wildman–Crippen LogP) is 3.82. The lowest BCUT2D eigenvalue weighted by atomic mass is 10.1. The summed E-state index contributed by atoms with van der Waals surface area (Å²) in [7, 11) is -3.25. The number of fused-ring (bicyclic) bond motifs is 1. The largest absolute Gasteiger partial charge is 0.573 e. The summed E-state index contributed by atoms with van der Waals surface area (Å²) in [6.07, 6.45) is -4.10. The van der Waals surface area contributed by atoms with E-state index < -0.39 is 22.2 Å². The molecule has 4 rings (SSSR count).